The molecule has 82 valence electrons. The molecule has 0 unspecified atom stereocenters. The number of rotatable bonds is 4. The molecule has 3 nitrogen and oxygen atoms in total. The Bertz CT molecular complexity index is 165. The summed E-state index contributed by atoms with van der Waals surface area (Å²) < 4.78 is 6.47. The van der Waals surface area contributed by atoms with Crippen molar-refractivity contribution in [2.45, 2.75) is 26.2 Å². The van der Waals surface area contributed by atoms with E-state index in [1.165, 1.54) is 48.8 Å². The van der Waals surface area contributed by atoms with Gasteiger partial charge in [0.15, 0.2) is 6.73 Å². The Morgan fingerprint density at radius 2 is 1.93 bits per heavy atom. The molecule has 0 spiro atoms. The highest BCUT2D eigenvalue weighted by molar-refractivity contribution is 7.64. The van der Waals surface area contributed by atoms with Crippen LogP contribution in [0, 0.1) is 10.7 Å². The van der Waals surface area contributed by atoms with Crippen LogP contribution in [0.5, 0.6) is 0 Å². The molecule has 0 aliphatic carbocycles. The third-order valence-corrected chi connectivity index (χ3v) is 2.62. The van der Waals surface area contributed by atoms with E-state index in [0.717, 1.165) is 6.73 Å². The lowest BCUT2D eigenvalue weighted by atomic mass is 10.4. The molecule has 0 saturated carbocycles. The van der Waals surface area contributed by atoms with Gasteiger partial charge in [0.2, 0.25) is 0 Å². The molecule has 14 heavy (non-hydrogen) atoms. The van der Waals surface area contributed by atoms with Crippen LogP contribution in [0.2, 0.25) is 0 Å². The van der Waals surface area contributed by atoms with E-state index in [1.54, 1.807) is 0 Å². The number of nitriles is 1. The molecule has 1 aliphatic heterocycles. The molecule has 0 aromatic rings. The zero-order valence-electron chi connectivity index (χ0n) is 9.16. The fourth-order valence-corrected chi connectivity index (χ4v) is 2.17. The Labute approximate surface area is 92.7 Å². The molecule has 4 heteroatoms. The van der Waals surface area contributed by atoms with Crippen molar-refractivity contribution in [3.8, 4) is 5.40 Å². The summed E-state index contributed by atoms with van der Waals surface area (Å²) in [7, 11) is 1.81. The smallest absolute Gasteiger partial charge is 0.182 e. The predicted molar refractivity (Wildman–Crippen MR) is 59.2 cm³/mol. The van der Waals surface area contributed by atoms with E-state index in [-0.39, 0.29) is 0 Å². The van der Waals surface area contributed by atoms with Crippen LogP contribution in [0.4, 0.5) is 0 Å². The maximum Gasteiger partial charge on any atom is 0.182 e. The first-order valence-electron chi connectivity index (χ1n) is 5.10. The summed E-state index contributed by atoms with van der Waals surface area (Å²) in [6.07, 6.45) is 4.07. The van der Waals surface area contributed by atoms with Gasteiger partial charge in [-0.2, -0.15) is 0 Å². The number of hydrogen-bond donors (Lipinski definition) is 0. The molecular weight excluding hydrogens is 196 g/mol. The van der Waals surface area contributed by atoms with Crippen LogP contribution in [0.15, 0.2) is 0 Å². The molecule has 0 bridgehead atoms. The lowest BCUT2D eigenvalue weighted by molar-refractivity contribution is -0.934. The third-order valence-electron chi connectivity index (χ3n) is 2.62. The van der Waals surface area contributed by atoms with E-state index in [0.29, 0.717) is 0 Å². The molecule has 1 saturated heterocycles. The molecule has 1 fully saturated rings. The van der Waals surface area contributed by atoms with Gasteiger partial charge in [0, 0.05) is 20.0 Å². The van der Waals surface area contributed by atoms with Crippen molar-refractivity contribution in [3.05, 3.63) is 0 Å². The SMILES string of the molecule is CCC[N+]1(COC)CCCC1.N#C[S-]. The van der Waals surface area contributed by atoms with Crippen LogP contribution in [0.3, 0.4) is 0 Å². The number of ether oxygens (including phenoxy) is 1. The number of thiocyanates is 1. The number of likely N-dealkylation sites (tertiary alicyclic amines) is 1. The van der Waals surface area contributed by atoms with Crippen LogP contribution in [0.25, 0.3) is 0 Å². The van der Waals surface area contributed by atoms with Crippen LogP contribution in [-0.4, -0.2) is 38.0 Å². The topological polar surface area (TPSA) is 33.0 Å². The Kier molecular flexibility index (Phi) is 7.77. The lowest BCUT2D eigenvalue weighted by Gasteiger charge is -2.32. The van der Waals surface area contributed by atoms with Crippen LogP contribution >= 0.6 is 0 Å². The highest BCUT2D eigenvalue weighted by Gasteiger charge is 2.30. The summed E-state index contributed by atoms with van der Waals surface area (Å²) in [6, 6.07) is 0. The van der Waals surface area contributed by atoms with Crippen molar-refractivity contribution in [2.75, 3.05) is 33.5 Å². The summed E-state index contributed by atoms with van der Waals surface area (Å²) in [5, 5.41) is 8.47. The first kappa shape index (κ1) is 13.6. The molecular formula is C10H20N2OS. The molecule has 1 aliphatic rings. The second-order valence-electron chi connectivity index (χ2n) is 3.73. The van der Waals surface area contributed by atoms with Crippen LogP contribution in [0.1, 0.15) is 26.2 Å². The van der Waals surface area contributed by atoms with E-state index in [4.69, 9.17) is 10.00 Å². The second kappa shape index (κ2) is 7.98. The fourth-order valence-electron chi connectivity index (χ4n) is 2.17. The number of quaternary nitrogens is 1. The first-order valence-corrected chi connectivity index (χ1v) is 5.50. The highest BCUT2D eigenvalue weighted by Crippen LogP contribution is 2.19. The van der Waals surface area contributed by atoms with Crippen LogP contribution in [-0.2, 0) is 17.4 Å². The summed E-state index contributed by atoms with van der Waals surface area (Å²) >= 11 is 3.70. The average molecular weight is 216 g/mol. The van der Waals surface area contributed by atoms with Crippen molar-refractivity contribution in [2.24, 2.45) is 0 Å². The Morgan fingerprint density at radius 3 is 2.29 bits per heavy atom. The Balaban J connectivity index is 0.000000500. The summed E-state index contributed by atoms with van der Waals surface area (Å²) in [5.74, 6) is 0. The van der Waals surface area contributed by atoms with Gasteiger partial charge in [-0.1, -0.05) is 12.3 Å². The predicted octanol–water partition coefficient (Wildman–Crippen LogP) is 1.63. The van der Waals surface area contributed by atoms with Gasteiger partial charge in [-0.15, -0.1) is 0 Å². The van der Waals surface area contributed by atoms with Gasteiger partial charge in [-0.05, 0) is 6.42 Å². The average Bonchev–Trinajstić information content (AvgIpc) is 2.56. The summed E-state index contributed by atoms with van der Waals surface area (Å²) in [6.45, 7) is 7.15. The van der Waals surface area contributed by atoms with Gasteiger partial charge in [-0.25, -0.2) is 5.26 Å². The van der Waals surface area contributed by atoms with E-state index < -0.39 is 0 Å². The largest absolute Gasteiger partial charge is 0.696 e. The normalized spacial score (nSPS) is 18.1. The van der Waals surface area contributed by atoms with Crippen molar-refractivity contribution in [1.29, 1.82) is 5.26 Å². The molecule has 1 rings (SSSR count). The standard InChI is InChI=1S/C9H20NO.CHNS/c1-3-6-10(9-11-2)7-4-5-8-10;2-1-3/h3-9H2,1-2H3;3H/q+1;/p-1. The fraction of sp³-hybridized carbons (Fsp3) is 0.900. The van der Waals surface area contributed by atoms with E-state index in [1.807, 2.05) is 7.11 Å². The number of hydrogen-bond acceptors (Lipinski definition) is 3. The van der Waals surface area contributed by atoms with Gasteiger partial charge in [0.1, 0.15) is 0 Å². The lowest BCUT2D eigenvalue weighted by Crippen LogP contribution is -2.47. The maximum absolute atomic E-state index is 7.13. The minimum Gasteiger partial charge on any atom is -0.696 e. The maximum atomic E-state index is 7.13. The van der Waals surface area contributed by atoms with Crippen LogP contribution < -0.4 is 0 Å². The zero-order chi connectivity index (χ0) is 10.9. The molecule has 0 amide bonds. The molecule has 0 aromatic heterocycles. The minimum absolute atomic E-state index is 0.924. The summed E-state index contributed by atoms with van der Waals surface area (Å²) in [4.78, 5) is 0. The van der Waals surface area contributed by atoms with E-state index >= 15 is 0 Å². The minimum atomic E-state index is 0.924. The van der Waals surface area contributed by atoms with Crippen molar-refractivity contribution < 1.29 is 9.22 Å². The van der Waals surface area contributed by atoms with Crippen molar-refractivity contribution in [1.82, 2.24) is 0 Å². The van der Waals surface area contributed by atoms with Gasteiger partial charge in [-0.3, -0.25) is 0 Å². The molecule has 0 atom stereocenters. The van der Waals surface area contributed by atoms with E-state index in [9.17, 15) is 0 Å². The second-order valence-corrected chi connectivity index (χ2v) is 3.91. The first-order chi connectivity index (χ1) is 6.74. The Hall–Kier alpha value is -0.370. The molecule has 1 heterocycles. The van der Waals surface area contributed by atoms with Crippen molar-refractivity contribution >= 4 is 12.6 Å². The number of nitrogens with zero attached hydrogens (tertiary/aromatic N) is 2. The van der Waals surface area contributed by atoms with Crippen molar-refractivity contribution in [3.63, 3.8) is 0 Å². The highest BCUT2D eigenvalue weighted by atomic mass is 32.1. The molecule has 0 radical (unpaired) electrons. The third kappa shape index (κ3) is 4.75. The van der Waals surface area contributed by atoms with Gasteiger partial charge >= 0.3 is 0 Å². The van der Waals surface area contributed by atoms with Gasteiger partial charge < -0.3 is 21.8 Å². The summed E-state index contributed by atoms with van der Waals surface area (Å²) in [5.41, 5.74) is 0. The molecule has 0 aromatic carbocycles. The Morgan fingerprint density at radius 1 is 1.43 bits per heavy atom. The number of methoxy groups -OCH3 is 1. The van der Waals surface area contributed by atoms with Gasteiger partial charge in [0.25, 0.3) is 0 Å². The quantitative estimate of drug-likeness (QED) is 0.407. The zero-order valence-corrected chi connectivity index (χ0v) is 9.98. The van der Waals surface area contributed by atoms with Gasteiger partial charge in [0.05, 0.1) is 19.6 Å². The molecule has 0 N–H and O–H groups in total. The van der Waals surface area contributed by atoms with E-state index in [2.05, 4.69) is 19.6 Å². The monoisotopic (exact) mass is 216 g/mol.